The van der Waals surface area contributed by atoms with Crippen LogP contribution >= 0.6 is 0 Å². The van der Waals surface area contributed by atoms with Gasteiger partial charge in [0.05, 0.1) is 12.5 Å². The molecule has 2 aliphatic carbocycles. The molecule has 0 unspecified atom stereocenters. The molecule has 3 rings (SSSR count). The number of carboxylic acid groups (broad SMARTS) is 1. The predicted octanol–water partition coefficient (Wildman–Crippen LogP) is 1.64. The highest BCUT2D eigenvalue weighted by molar-refractivity contribution is 5.85. The van der Waals surface area contributed by atoms with Crippen molar-refractivity contribution in [3.05, 3.63) is 0 Å². The van der Waals surface area contributed by atoms with E-state index in [1.807, 2.05) is 0 Å². The van der Waals surface area contributed by atoms with E-state index >= 15 is 0 Å². The summed E-state index contributed by atoms with van der Waals surface area (Å²) in [5.74, 6) is -0.251. The van der Waals surface area contributed by atoms with Crippen LogP contribution in [-0.2, 0) is 14.4 Å². The quantitative estimate of drug-likeness (QED) is 0.740. The fourth-order valence-corrected chi connectivity index (χ4v) is 4.30. The van der Waals surface area contributed by atoms with Gasteiger partial charge in [-0.15, -0.1) is 0 Å². The molecule has 6 nitrogen and oxygen atoms in total. The van der Waals surface area contributed by atoms with Crippen molar-refractivity contribution in [2.45, 2.75) is 51.4 Å². The van der Waals surface area contributed by atoms with Crippen LogP contribution in [0.4, 0.5) is 0 Å². The first-order chi connectivity index (χ1) is 11.5. The number of carboxylic acids is 1. The van der Waals surface area contributed by atoms with Crippen LogP contribution in [-0.4, -0.2) is 47.4 Å². The van der Waals surface area contributed by atoms with Crippen molar-refractivity contribution >= 4 is 17.8 Å². The molecule has 0 spiro atoms. The van der Waals surface area contributed by atoms with Crippen molar-refractivity contribution in [3.8, 4) is 0 Å². The number of carbonyl (C=O) groups is 3. The Kier molecular flexibility index (Phi) is 5.41. The third-order valence-corrected chi connectivity index (χ3v) is 5.95. The van der Waals surface area contributed by atoms with Gasteiger partial charge in [0.2, 0.25) is 11.8 Å². The molecule has 0 aromatic carbocycles. The molecule has 2 atom stereocenters. The smallest absolute Gasteiger partial charge is 0.308 e. The van der Waals surface area contributed by atoms with Gasteiger partial charge in [-0.25, -0.2) is 0 Å². The van der Waals surface area contributed by atoms with Crippen LogP contribution in [0.15, 0.2) is 0 Å². The number of aliphatic carboxylic acids is 1. The molecule has 2 saturated carbocycles. The molecule has 0 aromatic rings. The van der Waals surface area contributed by atoms with Gasteiger partial charge in [-0.1, -0.05) is 25.7 Å². The van der Waals surface area contributed by atoms with Gasteiger partial charge in [0.15, 0.2) is 0 Å². The highest BCUT2D eigenvalue weighted by atomic mass is 16.4. The molecule has 3 fully saturated rings. The Morgan fingerprint density at radius 1 is 1.04 bits per heavy atom. The van der Waals surface area contributed by atoms with Crippen molar-refractivity contribution < 1.29 is 19.5 Å². The molecule has 3 aliphatic rings. The number of carbonyl (C=O) groups excluding carboxylic acids is 2. The molecule has 1 aliphatic heterocycles. The number of hydrogen-bond acceptors (Lipinski definition) is 3. The third kappa shape index (κ3) is 4.28. The number of likely N-dealkylation sites (tertiary alicyclic amines) is 1. The van der Waals surface area contributed by atoms with E-state index in [0.29, 0.717) is 24.8 Å². The molecule has 24 heavy (non-hydrogen) atoms. The van der Waals surface area contributed by atoms with E-state index in [1.165, 1.54) is 25.7 Å². The Hall–Kier alpha value is -1.59. The highest BCUT2D eigenvalue weighted by Crippen LogP contribution is 2.44. The zero-order chi connectivity index (χ0) is 17.1. The normalized spacial score (nSPS) is 27.4. The Balaban J connectivity index is 1.40. The lowest BCUT2D eigenvalue weighted by atomic mass is 9.92. The molecule has 2 N–H and O–H groups in total. The van der Waals surface area contributed by atoms with Crippen LogP contribution in [0.3, 0.4) is 0 Å². The zero-order valence-electron chi connectivity index (χ0n) is 14.2. The largest absolute Gasteiger partial charge is 0.481 e. The maximum absolute atomic E-state index is 12.3. The average molecular weight is 336 g/mol. The number of amides is 2. The van der Waals surface area contributed by atoms with Gasteiger partial charge in [-0.2, -0.15) is 0 Å². The van der Waals surface area contributed by atoms with Crippen molar-refractivity contribution in [2.24, 2.45) is 23.7 Å². The van der Waals surface area contributed by atoms with Crippen molar-refractivity contribution in [2.75, 3.05) is 19.6 Å². The highest BCUT2D eigenvalue weighted by Gasteiger charge is 2.46. The molecule has 6 heteroatoms. The standard InChI is InChI=1S/C18H28N2O4/c21-16(8-5-12-3-1-2-4-12)19-9-17(22)20-10-14(13-6-7-13)15(11-20)18(23)24/h12-15H,1-11H2,(H,19,21)(H,23,24)/t14-,15+/m1/s1. The third-order valence-electron chi connectivity index (χ3n) is 5.95. The fourth-order valence-electron chi connectivity index (χ4n) is 4.30. The van der Waals surface area contributed by atoms with E-state index in [0.717, 1.165) is 19.3 Å². The van der Waals surface area contributed by atoms with Crippen LogP contribution < -0.4 is 5.32 Å². The van der Waals surface area contributed by atoms with Crippen LogP contribution in [0, 0.1) is 23.7 Å². The molecular weight excluding hydrogens is 308 g/mol. The van der Waals surface area contributed by atoms with Gasteiger partial charge < -0.3 is 15.3 Å². The lowest BCUT2D eigenvalue weighted by molar-refractivity contribution is -0.143. The Labute approximate surface area is 143 Å². The first-order valence-electron chi connectivity index (χ1n) is 9.32. The van der Waals surface area contributed by atoms with E-state index in [2.05, 4.69) is 5.32 Å². The minimum atomic E-state index is -0.803. The molecule has 0 bridgehead atoms. The fraction of sp³-hybridized carbons (Fsp3) is 0.833. The molecule has 0 aromatic heterocycles. The molecular formula is C18H28N2O4. The van der Waals surface area contributed by atoms with Gasteiger partial charge in [-0.3, -0.25) is 14.4 Å². The van der Waals surface area contributed by atoms with Gasteiger partial charge in [-0.05, 0) is 37.0 Å². The lowest BCUT2D eigenvalue weighted by Crippen LogP contribution is -2.39. The minimum Gasteiger partial charge on any atom is -0.481 e. The van der Waals surface area contributed by atoms with Gasteiger partial charge in [0.1, 0.15) is 0 Å². The Bertz CT molecular complexity index is 497. The second kappa shape index (κ2) is 7.53. The van der Waals surface area contributed by atoms with Crippen LogP contribution in [0.25, 0.3) is 0 Å². The number of nitrogens with zero attached hydrogens (tertiary/aromatic N) is 1. The number of rotatable bonds is 7. The zero-order valence-corrected chi connectivity index (χ0v) is 14.2. The summed E-state index contributed by atoms with van der Waals surface area (Å²) in [4.78, 5) is 37.2. The number of nitrogens with one attached hydrogen (secondary N) is 1. The first-order valence-corrected chi connectivity index (χ1v) is 9.32. The monoisotopic (exact) mass is 336 g/mol. The van der Waals surface area contributed by atoms with Crippen LogP contribution in [0.1, 0.15) is 51.4 Å². The summed E-state index contributed by atoms with van der Waals surface area (Å²) >= 11 is 0. The Morgan fingerprint density at radius 3 is 2.38 bits per heavy atom. The summed E-state index contributed by atoms with van der Waals surface area (Å²) in [5.41, 5.74) is 0. The lowest BCUT2D eigenvalue weighted by Gasteiger charge is -2.17. The molecule has 1 saturated heterocycles. The van der Waals surface area contributed by atoms with E-state index in [1.54, 1.807) is 4.90 Å². The summed E-state index contributed by atoms with van der Waals surface area (Å²) < 4.78 is 0. The average Bonchev–Trinajstić information content (AvgIpc) is 3.10. The summed E-state index contributed by atoms with van der Waals surface area (Å²) in [7, 11) is 0. The van der Waals surface area contributed by atoms with E-state index in [4.69, 9.17) is 0 Å². The van der Waals surface area contributed by atoms with E-state index in [-0.39, 0.29) is 30.8 Å². The number of hydrogen-bond donors (Lipinski definition) is 2. The van der Waals surface area contributed by atoms with Gasteiger partial charge in [0, 0.05) is 19.5 Å². The molecule has 2 amide bonds. The van der Waals surface area contributed by atoms with Crippen molar-refractivity contribution in [1.29, 1.82) is 0 Å². The van der Waals surface area contributed by atoms with Crippen molar-refractivity contribution in [1.82, 2.24) is 10.2 Å². The van der Waals surface area contributed by atoms with Gasteiger partial charge in [0.25, 0.3) is 0 Å². The van der Waals surface area contributed by atoms with Crippen LogP contribution in [0.5, 0.6) is 0 Å². The summed E-state index contributed by atoms with van der Waals surface area (Å²) in [5, 5.41) is 12.1. The van der Waals surface area contributed by atoms with E-state index < -0.39 is 11.9 Å². The minimum absolute atomic E-state index is 0.00672. The Morgan fingerprint density at radius 2 is 1.75 bits per heavy atom. The van der Waals surface area contributed by atoms with Gasteiger partial charge >= 0.3 is 5.97 Å². The maximum atomic E-state index is 12.3. The van der Waals surface area contributed by atoms with E-state index in [9.17, 15) is 19.5 Å². The second-order valence-corrected chi connectivity index (χ2v) is 7.71. The van der Waals surface area contributed by atoms with Crippen molar-refractivity contribution in [3.63, 3.8) is 0 Å². The molecule has 1 heterocycles. The van der Waals surface area contributed by atoms with Crippen LogP contribution in [0.2, 0.25) is 0 Å². The SMILES string of the molecule is O=C(CCC1CCCC1)NCC(=O)N1C[C@H](C(=O)O)[C@@H](C2CC2)C1. The maximum Gasteiger partial charge on any atom is 0.308 e. The topological polar surface area (TPSA) is 86.7 Å². The second-order valence-electron chi connectivity index (χ2n) is 7.71. The summed E-state index contributed by atoms with van der Waals surface area (Å²) in [6, 6.07) is 0. The molecule has 0 radical (unpaired) electrons. The first kappa shape index (κ1) is 17.2. The predicted molar refractivity (Wildman–Crippen MR) is 88.1 cm³/mol. The summed E-state index contributed by atoms with van der Waals surface area (Å²) in [6.45, 7) is 0.804. The summed E-state index contributed by atoms with van der Waals surface area (Å²) in [6.07, 6.45) is 8.54. The molecule has 134 valence electrons.